The summed E-state index contributed by atoms with van der Waals surface area (Å²) < 4.78 is 18.9. The molecule has 0 aliphatic rings. The number of carbonyl (C=O) groups is 1. The second-order valence-electron chi connectivity index (χ2n) is 3.64. The zero-order valence-corrected chi connectivity index (χ0v) is 9.68. The molecule has 0 unspecified atom stereocenters. The minimum Gasteiger partial charge on any atom is -0.493 e. The van der Waals surface area contributed by atoms with Gasteiger partial charge in [-0.2, -0.15) is 0 Å². The number of pyridine rings is 1. The van der Waals surface area contributed by atoms with Gasteiger partial charge >= 0.3 is 0 Å². The molecule has 4 nitrogen and oxygen atoms in total. The summed E-state index contributed by atoms with van der Waals surface area (Å²) in [5.74, 6) is -0.436. The Morgan fingerprint density at radius 2 is 2.00 bits per heavy atom. The number of carbonyl (C=O) groups excluding carboxylic acids is 1. The molecule has 92 valence electrons. The predicted octanol–water partition coefficient (Wildman–Crippen LogP) is 2.29. The van der Waals surface area contributed by atoms with Crippen LogP contribution in [0.25, 0.3) is 11.3 Å². The van der Waals surface area contributed by atoms with Crippen molar-refractivity contribution in [2.24, 2.45) is 0 Å². The first-order chi connectivity index (χ1) is 8.67. The van der Waals surface area contributed by atoms with Gasteiger partial charge in [0.2, 0.25) is 0 Å². The van der Waals surface area contributed by atoms with Crippen LogP contribution in [0.2, 0.25) is 0 Å². The highest BCUT2D eigenvalue weighted by atomic mass is 19.1. The van der Waals surface area contributed by atoms with Gasteiger partial charge in [0.1, 0.15) is 17.7 Å². The summed E-state index contributed by atoms with van der Waals surface area (Å²) in [6.07, 6.45) is 2.08. The quantitative estimate of drug-likeness (QED) is 0.844. The van der Waals surface area contributed by atoms with E-state index in [9.17, 15) is 9.18 Å². The second kappa shape index (κ2) is 4.83. The van der Waals surface area contributed by atoms with E-state index in [4.69, 9.17) is 10.5 Å². The predicted molar refractivity (Wildman–Crippen MR) is 66.0 cm³/mol. The minimum absolute atomic E-state index is 0.0815. The lowest BCUT2D eigenvalue weighted by Crippen LogP contribution is -2.00. The van der Waals surface area contributed by atoms with Gasteiger partial charge < -0.3 is 10.5 Å². The van der Waals surface area contributed by atoms with Gasteiger partial charge in [-0.3, -0.25) is 4.79 Å². The number of methoxy groups -OCH3 is 1. The van der Waals surface area contributed by atoms with Crippen LogP contribution in [0, 0.1) is 5.82 Å². The highest BCUT2D eigenvalue weighted by molar-refractivity contribution is 5.77. The molecule has 0 aliphatic carbocycles. The number of ether oxygens (including phenoxy) is 1. The third-order valence-corrected chi connectivity index (χ3v) is 2.56. The van der Waals surface area contributed by atoms with Crippen molar-refractivity contribution in [3.8, 4) is 17.0 Å². The summed E-state index contributed by atoms with van der Waals surface area (Å²) in [4.78, 5) is 14.5. The molecule has 0 saturated heterocycles. The standard InChI is InChI=1S/C13H11FN2O2/c1-18-10-6-16-13(11(14)12(10)15)9-4-2-8(7-17)3-5-9/h2-7H,1H3,(H2,15,16). The molecule has 0 atom stereocenters. The normalized spacial score (nSPS) is 10.1. The van der Waals surface area contributed by atoms with Crippen LogP contribution in [0.3, 0.4) is 0 Å². The molecule has 0 spiro atoms. The van der Waals surface area contributed by atoms with E-state index >= 15 is 0 Å². The number of nitrogen functional groups attached to an aromatic ring is 1. The van der Waals surface area contributed by atoms with E-state index in [-0.39, 0.29) is 17.1 Å². The van der Waals surface area contributed by atoms with Crippen LogP contribution in [0.5, 0.6) is 5.75 Å². The summed E-state index contributed by atoms with van der Waals surface area (Å²) in [5.41, 5.74) is 6.70. The maximum absolute atomic E-state index is 14.0. The Kier molecular flexibility index (Phi) is 3.23. The summed E-state index contributed by atoms with van der Waals surface area (Å²) in [5, 5.41) is 0. The Labute approximate surface area is 103 Å². The summed E-state index contributed by atoms with van der Waals surface area (Å²) in [6, 6.07) is 6.40. The largest absolute Gasteiger partial charge is 0.493 e. The first-order valence-electron chi connectivity index (χ1n) is 5.21. The summed E-state index contributed by atoms with van der Waals surface area (Å²) >= 11 is 0. The number of hydrogen-bond acceptors (Lipinski definition) is 4. The lowest BCUT2D eigenvalue weighted by atomic mass is 10.1. The Morgan fingerprint density at radius 1 is 1.33 bits per heavy atom. The van der Waals surface area contributed by atoms with Crippen molar-refractivity contribution in [3.05, 3.63) is 41.8 Å². The number of nitrogens with zero attached hydrogens (tertiary/aromatic N) is 1. The summed E-state index contributed by atoms with van der Waals surface area (Å²) in [7, 11) is 1.39. The third kappa shape index (κ3) is 2.02. The fourth-order valence-corrected chi connectivity index (χ4v) is 1.57. The van der Waals surface area contributed by atoms with Gasteiger partial charge in [-0.15, -0.1) is 0 Å². The van der Waals surface area contributed by atoms with Gasteiger partial charge in [-0.25, -0.2) is 9.37 Å². The molecule has 1 aromatic heterocycles. The Hall–Kier alpha value is -2.43. The van der Waals surface area contributed by atoms with Gasteiger partial charge in [0.25, 0.3) is 0 Å². The molecule has 0 saturated carbocycles. The molecule has 0 radical (unpaired) electrons. The highest BCUT2D eigenvalue weighted by Gasteiger charge is 2.14. The molecule has 18 heavy (non-hydrogen) atoms. The maximum Gasteiger partial charge on any atom is 0.176 e. The molecular formula is C13H11FN2O2. The lowest BCUT2D eigenvalue weighted by Gasteiger charge is -2.08. The maximum atomic E-state index is 14.0. The van der Waals surface area contributed by atoms with E-state index in [0.29, 0.717) is 11.1 Å². The van der Waals surface area contributed by atoms with E-state index in [2.05, 4.69) is 4.98 Å². The van der Waals surface area contributed by atoms with Gasteiger partial charge in [-0.05, 0) is 0 Å². The van der Waals surface area contributed by atoms with E-state index in [1.54, 1.807) is 24.3 Å². The zero-order valence-electron chi connectivity index (χ0n) is 9.68. The molecule has 2 N–H and O–H groups in total. The van der Waals surface area contributed by atoms with Crippen molar-refractivity contribution in [3.63, 3.8) is 0 Å². The van der Waals surface area contributed by atoms with E-state index in [1.807, 2.05) is 0 Å². The van der Waals surface area contributed by atoms with Gasteiger partial charge in [0.05, 0.1) is 13.3 Å². The lowest BCUT2D eigenvalue weighted by molar-refractivity contribution is 0.112. The van der Waals surface area contributed by atoms with Crippen molar-refractivity contribution >= 4 is 12.0 Å². The second-order valence-corrected chi connectivity index (χ2v) is 3.64. The molecule has 0 amide bonds. The fraction of sp³-hybridized carbons (Fsp3) is 0.0769. The average molecular weight is 246 g/mol. The number of hydrogen-bond donors (Lipinski definition) is 1. The van der Waals surface area contributed by atoms with Crippen LogP contribution in [0.1, 0.15) is 10.4 Å². The number of anilines is 1. The molecule has 0 aliphatic heterocycles. The average Bonchev–Trinajstić information content (AvgIpc) is 2.42. The van der Waals surface area contributed by atoms with Crippen molar-refractivity contribution in [1.29, 1.82) is 0 Å². The van der Waals surface area contributed by atoms with Crippen molar-refractivity contribution in [2.45, 2.75) is 0 Å². The van der Waals surface area contributed by atoms with Crippen molar-refractivity contribution < 1.29 is 13.9 Å². The van der Waals surface area contributed by atoms with Crippen LogP contribution in [0.15, 0.2) is 30.5 Å². The van der Waals surface area contributed by atoms with Crippen molar-refractivity contribution in [1.82, 2.24) is 4.98 Å². The first kappa shape index (κ1) is 12.0. The number of halogens is 1. The van der Waals surface area contributed by atoms with E-state index in [0.717, 1.165) is 6.29 Å². The van der Waals surface area contributed by atoms with Gasteiger partial charge in [-0.1, -0.05) is 24.3 Å². The number of aldehydes is 1. The minimum atomic E-state index is -0.631. The SMILES string of the molecule is COc1cnc(-c2ccc(C=O)cc2)c(F)c1N. The molecule has 2 aromatic rings. The van der Waals surface area contributed by atoms with Gasteiger partial charge in [0, 0.05) is 11.1 Å². The number of aromatic nitrogens is 1. The van der Waals surface area contributed by atoms with Crippen molar-refractivity contribution in [2.75, 3.05) is 12.8 Å². The Balaban J connectivity index is 2.50. The Morgan fingerprint density at radius 3 is 2.56 bits per heavy atom. The smallest absolute Gasteiger partial charge is 0.176 e. The Bertz CT molecular complexity index is 582. The van der Waals surface area contributed by atoms with E-state index in [1.165, 1.54) is 13.3 Å². The monoisotopic (exact) mass is 246 g/mol. The number of benzene rings is 1. The molecule has 1 aromatic carbocycles. The van der Waals surface area contributed by atoms with Crippen LogP contribution in [0.4, 0.5) is 10.1 Å². The summed E-state index contributed by atoms with van der Waals surface area (Å²) in [6.45, 7) is 0. The fourth-order valence-electron chi connectivity index (χ4n) is 1.57. The zero-order chi connectivity index (χ0) is 13.1. The van der Waals surface area contributed by atoms with Gasteiger partial charge in [0.15, 0.2) is 11.6 Å². The topological polar surface area (TPSA) is 65.2 Å². The molecule has 2 rings (SSSR count). The van der Waals surface area contributed by atoms with Crippen LogP contribution in [-0.2, 0) is 0 Å². The van der Waals surface area contributed by atoms with Crippen LogP contribution in [-0.4, -0.2) is 18.4 Å². The van der Waals surface area contributed by atoms with Crippen LogP contribution < -0.4 is 10.5 Å². The third-order valence-electron chi connectivity index (χ3n) is 2.56. The molecule has 0 fully saturated rings. The number of nitrogens with two attached hydrogens (primary N) is 1. The first-order valence-corrected chi connectivity index (χ1v) is 5.21. The van der Waals surface area contributed by atoms with E-state index < -0.39 is 5.82 Å². The molecular weight excluding hydrogens is 235 g/mol. The number of rotatable bonds is 3. The highest BCUT2D eigenvalue weighted by Crippen LogP contribution is 2.30. The molecule has 1 heterocycles. The van der Waals surface area contributed by atoms with Crippen LogP contribution >= 0.6 is 0 Å². The molecule has 5 heteroatoms. The molecule has 0 bridgehead atoms.